The number of aliphatic hydroxyl groups is 4. The summed E-state index contributed by atoms with van der Waals surface area (Å²) in [6, 6.07) is 26.8. The van der Waals surface area contributed by atoms with Gasteiger partial charge in [0.15, 0.2) is 34.0 Å². The van der Waals surface area contributed by atoms with E-state index in [0.717, 1.165) is 18.2 Å². The molecule has 0 radical (unpaired) electrons. The zero-order valence-corrected chi connectivity index (χ0v) is 45.8. The minimum absolute atomic E-state index is 0. The smallest absolute Gasteiger partial charge is 0.398 e. The van der Waals surface area contributed by atoms with Gasteiger partial charge in [0.05, 0.1) is 0 Å². The average molecular weight is 1220 g/mol. The van der Waals surface area contributed by atoms with Gasteiger partial charge in [-0.05, 0) is 146 Å². The van der Waals surface area contributed by atoms with E-state index in [1.165, 1.54) is 104 Å². The molecule has 0 amide bonds. The van der Waals surface area contributed by atoms with Gasteiger partial charge in [0, 0.05) is 51.2 Å². The molecule has 0 aliphatic carbocycles. The number of halogens is 14. The lowest BCUT2D eigenvalue weighted by atomic mass is 9.84. The number of aryl methyl sites for hydroxylation is 1. The summed E-state index contributed by atoms with van der Waals surface area (Å²) >= 11 is 10.4. The molecule has 6 aromatic rings. The van der Waals surface area contributed by atoms with E-state index in [4.69, 9.17) is 34.7 Å². The highest BCUT2D eigenvalue weighted by Crippen LogP contribution is 2.45. The summed E-state index contributed by atoms with van der Waals surface area (Å²) in [4.78, 5) is 45.9. The van der Waals surface area contributed by atoms with Crippen LogP contribution in [0, 0.1) is 0 Å². The Bertz CT molecular complexity index is 3230. The fourth-order valence-electron chi connectivity index (χ4n) is 8.14. The zero-order chi connectivity index (χ0) is 62.5. The third-order valence-electron chi connectivity index (χ3n) is 13.3. The molecule has 6 aromatic carbocycles. The SMILES string of the molecule is C.CC(O)(c1cc(Cc2ccc(N)c(C(C)(O)C(F)(F)F)c2)ccc1N)C(F)(F)F.CCc1ccc(Cc2ccc(CC(=O)c3cccc(C(C)=O)c3)c(C(C)(O)C(F)(F)F)c2)cc1C(C)(O)C(F)(F)F.O=C(Cl)c1cccc(C(=O)Cl)c1. The third kappa shape index (κ3) is 16.7. The number of rotatable bonds is 15. The van der Waals surface area contributed by atoms with Crippen molar-refractivity contribution in [1.29, 1.82) is 0 Å². The van der Waals surface area contributed by atoms with E-state index < -0.39 is 86.5 Å². The lowest BCUT2D eigenvalue weighted by molar-refractivity contribution is -0.259. The molecule has 0 aromatic heterocycles. The molecule has 24 heteroatoms. The predicted octanol–water partition coefficient (Wildman–Crippen LogP) is 14.1. The first kappa shape index (κ1) is 70.4. The summed E-state index contributed by atoms with van der Waals surface area (Å²) in [5.41, 5.74) is -2.27. The normalized spacial score (nSPS) is 14.8. The van der Waals surface area contributed by atoms with Gasteiger partial charge >= 0.3 is 24.7 Å². The van der Waals surface area contributed by atoms with Gasteiger partial charge in [-0.15, -0.1) is 0 Å². The number of anilines is 2. The van der Waals surface area contributed by atoms with Crippen molar-refractivity contribution in [3.05, 3.63) is 199 Å². The van der Waals surface area contributed by atoms with Gasteiger partial charge in [0.2, 0.25) is 0 Å². The standard InChI is InChI=1S/C31H30F6O4.C19H20F6N2O2.C8H4Cl2O2.CH4/c1-5-21-11-9-19(14-25(21)28(3,40)30(32,33)34)13-20-10-12-23(26(15-20)29(4,41)31(35,36)37)17-27(39)24-8-6-7-22(16-24)18(2)38;1-16(28,18(20,21)22)12-8-10(3-5-14(12)26)7-11-4-6-15(27)13(9-11)17(2,29)19(23,24)25;9-7(11)5-2-1-3-6(4-5)8(10)12;/h6-12,14-16,40-41H,5,13,17H2,1-4H3;3-6,8-9,28-29H,7,26-27H2,1-2H3;1-4H;1H4. The van der Waals surface area contributed by atoms with Gasteiger partial charge in [-0.2, -0.15) is 52.7 Å². The highest BCUT2D eigenvalue weighted by Gasteiger charge is 2.55. The van der Waals surface area contributed by atoms with Gasteiger partial charge in [-0.1, -0.05) is 111 Å². The first-order chi connectivity index (χ1) is 37.4. The summed E-state index contributed by atoms with van der Waals surface area (Å²) in [6.45, 7) is 5.26. The Morgan fingerprint density at radius 2 is 0.723 bits per heavy atom. The molecule has 0 aliphatic rings. The van der Waals surface area contributed by atoms with E-state index in [2.05, 4.69) is 0 Å². The lowest BCUT2D eigenvalue weighted by Crippen LogP contribution is -2.40. The molecule has 83 heavy (non-hydrogen) atoms. The molecular weight excluding hydrogens is 1160 g/mol. The Labute approximate surface area is 479 Å². The Hall–Kier alpha value is -6.82. The number of ketones is 2. The van der Waals surface area contributed by atoms with Crippen LogP contribution in [0.15, 0.2) is 121 Å². The van der Waals surface area contributed by atoms with Gasteiger partial charge in [0.1, 0.15) is 0 Å². The van der Waals surface area contributed by atoms with E-state index in [1.54, 1.807) is 13.0 Å². The van der Waals surface area contributed by atoms with Crippen LogP contribution in [0.1, 0.15) is 146 Å². The number of Topliss-reactive ketones (excluding diaryl/α,β-unsaturated/α-hetero) is 2. The highest BCUT2D eigenvalue weighted by atomic mass is 35.5. The number of hydrogen-bond acceptors (Lipinski definition) is 10. The molecule has 4 atom stereocenters. The zero-order valence-electron chi connectivity index (χ0n) is 44.2. The lowest BCUT2D eigenvalue weighted by Gasteiger charge is -2.30. The van der Waals surface area contributed by atoms with Crippen molar-refractivity contribution in [2.45, 2.75) is 122 Å². The first-order valence-corrected chi connectivity index (χ1v) is 25.0. The third-order valence-corrected chi connectivity index (χ3v) is 13.8. The van der Waals surface area contributed by atoms with E-state index in [1.807, 2.05) is 0 Å². The van der Waals surface area contributed by atoms with Crippen molar-refractivity contribution in [3.8, 4) is 0 Å². The molecule has 0 aliphatic heterocycles. The first-order valence-electron chi connectivity index (χ1n) is 24.2. The molecule has 4 unspecified atom stereocenters. The number of carbonyl (C=O) groups excluding carboxylic acids is 4. The van der Waals surface area contributed by atoms with E-state index in [9.17, 15) is 92.3 Å². The second-order valence-electron chi connectivity index (χ2n) is 19.7. The maximum atomic E-state index is 13.9. The largest absolute Gasteiger partial charge is 0.421 e. The number of benzene rings is 6. The van der Waals surface area contributed by atoms with E-state index in [-0.39, 0.29) is 99.5 Å². The molecular formula is C59H58Cl2F12N2O8. The molecule has 0 fully saturated rings. The monoisotopic (exact) mass is 1220 g/mol. The second-order valence-corrected chi connectivity index (χ2v) is 20.4. The summed E-state index contributed by atoms with van der Waals surface area (Å²) in [5.74, 6) is -0.870. The summed E-state index contributed by atoms with van der Waals surface area (Å²) < 4.78 is 161. The van der Waals surface area contributed by atoms with Crippen LogP contribution in [-0.4, -0.2) is 67.2 Å². The van der Waals surface area contributed by atoms with Crippen molar-refractivity contribution >= 4 is 56.6 Å². The van der Waals surface area contributed by atoms with Crippen LogP contribution in [0.25, 0.3) is 0 Å². The van der Waals surface area contributed by atoms with Crippen LogP contribution in [-0.2, 0) is 48.1 Å². The number of carbonyl (C=O) groups is 4. The van der Waals surface area contributed by atoms with Crippen LogP contribution >= 0.6 is 23.2 Å². The topological polar surface area (TPSA) is 201 Å². The van der Waals surface area contributed by atoms with Crippen molar-refractivity contribution in [2.75, 3.05) is 11.5 Å². The summed E-state index contributed by atoms with van der Waals surface area (Å²) in [7, 11) is 0. The fraction of sp³-hybridized carbons (Fsp3) is 0.322. The Kier molecular flexibility index (Phi) is 22.4. The fourth-order valence-corrected chi connectivity index (χ4v) is 8.37. The number of nitrogens with two attached hydrogens (primary N) is 2. The molecule has 10 nitrogen and oxygen atoms in total. The van der Waals surface area contributed by atoms with Gasteiger partial charge in [-0.25, -0.2) is 0 Å². The molecule has 6 rings (SSSR count). The van der Waals surface area contributed by atoms with Crippen molar-refractivity contribution in [3.63, 3.8) is 0 Å². The van der Waals surface area contributed by atoms with E-state index in [0.29, 0.717) is 33.3 Å². The summed E-state index contributed by atoms with van der Waals surface area (Å²) in [6.07, 6.45) is -20.5. The minimum Gasteiger partial charge on any atom is -0.398 e. The number of hydrogen-bond donors (Lipinski definition) is 6. The maximum Gasteiger partial charge on any atom is 0.421 e. The molecule has 0 heterocycles. The van der Waals surface area contributed by atoms with Crippen LogP contribution in [0.4, 0.5) is 64.1 Å². The maximum absolute atomic E-state index is 13.9. The van der Waals surface area contributed by atoms with Crippen molar-refractivity contribution < 1.29 is 92.3 Å². The van der Waals surface area contributed by atoms with Gasteiger partial charge in [-0.3, -0.25) is 19.2 Å². The predicted molar refractivity (Wildman–Crippen MR) is 290 cm³/mol. The molecule has 0 saturated heterocycles. The van der Waals surface area contributed by atoms with Crippen molar-refractivity contribution in [1.82, 2.24) is 0 Å². The van der Waals surface area contributed by atoms with Gasteiger partial charge in [0.25, 0.3) is 10.5 Å². The Morgan fingerprint density at radius 1 is 0.434 bits per heavy atom. The van der Waals surface area contributed by atoms with Crippen LogP contribution < -0.4 is 11.5 Å². The van der Waals surface area contributed by atoms with Crippen LogP contribution in [0.3, 0.4) is 0 Å². The molecule has 0 saturated carbocycles. The second kappa shape index (κ2) is 26.4. The summed E-state index contributed by atoms with van der Waals surface area (Å²) in [5, 5.41) is 39.4. The van der Waals surface area contributed by atoms with E-state index >= 15 is 0 Å². The molecule has 0 spiro atoms. The average Bonchev–Trinajstić information content (AvgIpc) is 3.51. The molecule has 8 N–H and O–H groups in total. The highest BCUT2D eigenvalue weighted by molar-refractivity contribution is 6.69. The number of nitrogen functional groups attached to an aromatic ring is 2. The van der Waals surface area contributed by atoms with Crippen molar-refractivity contribution in [2.24, 2.45) is 0 Å². The minimum atomic E-state index is -5.11. The van der Waals surface area contributed by atoms with Crippen LogP contribution in [0.5, 0.6) is 0 Å². The Balaban J connectivity index is 0.000000372. The van der Waals surface area contributed by atoms with Gasteiger partial charge < -0.3 is 31.9 Å². The van der Waals surface area contributed by atoms with Crippen LogP contribution in [0.2, 0.25) is 0 Å². The quantitative estimate of drug-likeness (QED) is 0.0249. The molecule has 450 valence electrons. The number of alkyl halides is 12. The molecule has 0 bridgehead atoms. The Morgan fingerprint density at radius 3 is 1.06 bits per heavy atom.